The molecule has 0 aromatic carbocycles. The average Bonchev–Trinajstić information content (AvgIpc) is 2.91. The summed E-state index contributed by atoms with van der Waals surface area (Å²) in [5.74, 6) is 0. The van der Waals surface area contributed by atoms with E-state index >= 15 is 0 Å². The van der Waals surface area contributed by atoms with E-state index in [-0.39, 0.29) is 45.6 Å². The van der Waals surface area contributed by atoms with Crippen LogP contribution in [0.1, 0.15) is 98.8 Å². The Hall–Kier alpha value is -0.480. The van der Waals surface area contributed by atoms with Crippen molar-refractivity contribution >= 4 is 0 Å². The van der Waals surface area contributed by atoms with Gasteiger partial charge in [-0.15, -0.1) is 0 Å². The van der Waals surface area contributed by atoms with Gasteiger partial charge in [-0.1, -0.05) is 52.4 Å². The molecule has 4 atom stereocenters. The number of hydrogen-bond acceptors (Lipinski definition) is 12. The van der Waals surface area contributed by atoms with E-state index in [4.69, 9.17) is 61.3 Å². The van der Waals surface area contributed by atoms with Crippen molar-refractivity contribution in [2.24, 2.45) is 0 Å². The number of aliphatic hydroxyl groups excluding tert-OH is 12. The quantitative estimate of drug-likeness (QED) is 0.105. The maximum Gasteiger partial charge on any atom is 0.100 e. The second-order valence-corrected chi connectivity index (χ2v) is 8.78. The Morgan fingerprint density at radius 2 is 0.744 bits per heavy atom. The van der Waals surface area contributed by atoms with E-state index in [1.54, 1.807) is 20.8 Å². The first-order chi connectivity index (χ1) is 18.4. The predicted molar refractivity (Wildman–Crippen MR) is 154 cm³/mol. The highest BCUT2D eigenvalue weighted by molar-refractivity contribution is 4.51. The molecule has 0 rings (SSSR count). The van der Waals surface area contributed by atoms with E-state index in [1.165, 1.54) is 32.1 Å². The SMILES string of the molecule is CC(O)C(C)O.CC(O)CCO.CCCCCCCO.CCCCCO.OCC(O)CO.OCCC(O)CO. The lowest BCUT2D eigenvalue weighted by molar-refractivity contribution is 0.0438. The topological polar surface area (TPSA) is 243 Å². The molecule has 4 unspecified atom stereocenters. The van der Waals surface area contributed by atoms with Crippen molar-refractivity contribution in [1.82, 2.24) is 0 Å². The molecule has 39 heavy (non-hydrogen) atoms. The smallest absolute Gasteiger partial charge is 0.100 e. The molecule has 0 saturated carbocycles. The third-order valence-electron chi connectivity index (χ3n) is 4.36. The average molecular weight is 583 g/mol. The lowest BCUT2D eigenvalue weighted by Gasteiger charge is -2.03. The van der Waals surface area contributed by atoms with Crippen LogP contribution in [0.5, 0.6) is 0 Å². The number of aliphatic hydroxyl groups is 12. The summed E-state index contributed by atoms with van der Waals surface area (Å²) in [5.41, 5.74) is 0. The van der Waals surface area contributed by atoms with Crippen LogP contribution in [0, 0.1) is 0 Å². The van der Waals surface area contributed by atoms with Gasteiger partial charge in [-0.2, -0.15) is 0 Å². The van der Waals surface area contributed by atoms with Gasteiger partial charge in [0, 0.05) is 26.4 Å². The molecular formula is C27H66O12. The lowest BCUT2D eigenvalue weighted by atomic mass is 10.2. The molecule has 0 amide bonds. The molecule has 0 spiro atoms. The summed E-state index contributed by atoms with van der Waals surface area (Å²) in [4.78, 5) is 0. The van der Waals surface area contributed by atoms with Crippen molar-refractivity contribution in [3.63, 3.8) is 0 Å². The maximum absolute atomic E-state index is 8.45. The zero-order valence-electron chi connectivity index (χ0n) is 25.3. The molecule has 0 radical (unpaired) electrons. The fourth-order valence-electron chi connectivity index (χ4n) is 1.56. The Labute approximate surface area is 237 Å². The van der Waals surface area contributed by atoms with Crippen LogP contribution in [0.3, 0.4) is 0 Å². The third kappa shape index (κ3) is 85.6. The normalized spacial score (nSPS) is 12.8. The van der Waals surface area contributed by atoms with Gasteiger partial charge >= 0.3 is 0 Å². The standard InChI is InChI=1S/C7H16O.C5H12O.C4H10O3.2C4H10O2.C3H8O3/c1-2-3-4-5-6-7-8;1-2-3-4-5-6;5-2-1-4(7)3-6;1-4(6)2-3-5;1-3(5)4(2)6;4-1-3(6)2-5/h8H,2-7H2,1H3;6H,2-5H2,1H3;4-7H,1-3H2;4-6H,2-3H2,1H3;3-6H,1-2H3;3-6H,1-2H2. The molecule has 0 bridgehead atoms. The summed E-state index contributed by atoms with van der Waals surface area (Å²) in [5, 5.41) is 98.5. The van der Waals surface area contributed by atoms with E-state index in [0.29, 0.717) is 19.6 Å². The minimum absolute atomic E-state index is 0.0677. The molecule has 0 fully saturated rings. The third-order valence-corrected chi connectivity index (χ3v) is 4.36. The molecule has 246 valence electrons. The van der Waals surface area contributed by atoms with Crippen LogP contribution in [0.25, 0.3) is 0 Å². The summed E-state index contributed by atoms with van der Waals surface area (Å²) in [6.07, 6.45) is 6.91. The molecule has 0 saturated heterocycles. The van der Waals surface area contributed by atoms with Crippen LogP contribution in [0.15, 0.2) is 0 Å². The molecule has 0 aromatic rings. The number of hydrogen-bond donors (Lipinski definition) is 12. The zero-order chi connectivity index (χ0) is 31.9. The van der Waals surface area contributed by atoms with Gasteiger partial charge in [-0.3, -0.25) is 0 Å². The summed E-state index contributed by atoms with van der Waals surface area (Å²) in [6, 6.07) is 0. The van der Waals surface area contributed by atoms with Gasteiger partial charge in [0.15, 0.2) is 0 Å². The van der Waals surface area contributed by atoms with E-state index < -0.39 is 24.4 Å². The summed E-state index contributed by atoms with van der Waals surface area (Å²) >= 11 is 0. The first-order valence-electron chi connectivity index (χ1n) is 14.0. The summed E-state index contributed by atoms with van der Waals surface area (Å²) < 4.78 is 0. The van der Waals surface area contributed by atoms with E-state index in [2.05, 4.69) is 13.8 Å². The Kier molecular flexibility index (Phi) is 66.2. The highest BCUT2D eigenvalue weighted by Crippen LogP contribution is 2.00. The van der Waals surface area contributed by atoms with Gasteiger partial charge in [-0.05, 0) is 46.5 Å². The Morgan fingerprint density at radius 1 is 0.410 bits per heavy atom. The van der Waals surface area contributed by atoms with Crippen molar-refractivity contribution in [3.05, 3.63) is 0 Å². The fraction of sp³-hybridized carbons (Fsp3) is 1.00. The monoisotopic (exact) mass is 582 g/mol. The summed E-state index contributed by atoms with van der Waals surface area (Å²) in [7, 11) is 0. The van der Waals surface area contributed by atoms with Gasteiger partial charge in [0.2, 0.25) is 0 Å². The molecule has 0 aliphatic heterocycles. The van der Waals surface area contributed by atoms with Crippen LogP contribution in [0.4, 0.5) is 0 Å². The molecule has 0 aliphatic carbocycles. The van der Waals surface area contributed by atoms with Gasteiger partial charge in [0.05, 0.1) is 44.2 Å². The Morgan fingerprint density at radius 3 is 0.897 bits per heavy atom. The van der Waals surface area contributed by atoms with Gasteiger partial charge in [0.25, 0.3) is 0 Å². The molecule has 12 heteroatoms. The predicted octanol–water partition coefficient (Wildman–Crippen LogP) is -0.330. The second kappa shape index (κ2) is 50.4. The first kappa shape index (κ1) is 51.3. The Bertz CT molecular complexity index is 329. The fourth-order valence-corrected chi connectivity index (χ4v) is 1.56. The van der Waals surface area contributed by atoms with Crippen LogP contribution in [-0.2, 0) is 0 Å². The van der Waals surface area contributed by atoms with Gasteiger partial charge in [0.1, 0.15) is 6.10 Å². The Balaban J connectivity index is -0.0000000841. The van der Waals surface area contributed by atoms with E-state index in [0.717, 1.165) is 19.3 Å². The van der Waals surface area contributed by atoms with Crippen molar-refractivity contribution in [2.45, 2.75) is 129 Å². The van der Waals surface area contributed by atoms with E-state index in [9.17, 15) is 0 Å². The lowest BCUT2D eigenvalue weighted by Crippen LogP contribution is -2.17. The molecule has 0 aromatic heterocycles. The number of unbranched alkanes of at least 4 members (excludes halogenated alkanes) is 6. The molecule has 12 N–H and O–H groups in total. The van der Waals surface area contributed by atoms with Crippen LogP contribution in [0.2, 0.25) is 0 Å². The van der Waals surface area contributed by atoms with Crippen molar-refractivity contribution in [3.8, 4) is 0 Å². The zero-order valence-corrected chi connectivity index (χ0v) is 25.3. The molecule has 0 aliphatic rings. The van der Waals surface area contributed by atoms with Crippen LogP contribution >= 0.6 is 0 Å². The first-order valence-corrected chi connectivity index (χ1v) is 14.0. The summed E-state index contributed by atoms with van der Waals surface area (Å²) in [6.45, 7) is 8.80. The van der Waals surface area contributed by atoms with Crippen LogP contribution in [-0.4, -0.2) is 138 Å². The van der Waals surface area contributed by atoms with E-state index in [1.807, 2.05) is 0 Å². The van der Waals surface area contributed by atoms with Gasteiger partial charge < -0.3 is 61.3 Å². The van der Waals surface area contributed by atoms with Crippen molar-refractivity contribution in [2.75, 3.05) is 46.2 Å². The number of rotatable bonds is 16. The van der Waals surface area contributed by atoms with Gasteiger partial charge in [-0.25, -0.2) is 0 Å². The maximum atomic E-state index is 8.45. The molecule has 0 heterocycles. The largest absolute Gasteiger partial charge is 0.396 e. The highest BCUT2D eigenvalue weighted by Gasteiger charge is 2.00. The van der Waals surface area contributed by atoms with Crippen molar-refractivity contribution < 1.29 is 61.3 Å². The second-order valence-electron chi connectivity index (χ2n) is 8.78. The molecular weight excluding hydrogens is 516 g/mol. The minimum atomic E-state index is -0.954. The highest BCUT2D eigenvalue weighted by atomic mass is 16.3. The molecule has 12 nitrogen and oxygen atoms in total. The van der Waals surface area contributed by atoms with Crippen LogP contribution < -0.4 is 0 Å². The minimum Gasteiger partial charge on any atom is -0.396 e. The van der Waals surface area contributed by atoms with Crippen molar-refractivity contribution in [1.29, 1.82) is 0 Å².